The number of allylic oxidation sites excluding steroid dienone is 1. The number of carbonyl (C=O) groups excluding carboxylic acids is 1. The molecule has 0 N–H and O–H groups in total. The highest BCUT2D eigenvalue weighted by Crippen LogP contribution is 2.22. The number of carbonyl (C=O) groups is 1. The van der Waals surface area contributed by atoms with E-state index in [0.29, 0.717) is 24.5 Å². The highest BCUT2D eigenvalue weighted by Gasteiger charge is 2.09. The molecule has 3 rings (SSSR count). The van der Waals surface area contributed by atoms with Crippen molar-refractivity contribution in [1.82, 2.24) is 4.98 Å². The molecule has 0 amide bonds. The zero-order valence-corrected chi connectivity index (χ0v) is 14.5. The second-order valence-corrected chi connectivity index (χ2v) is 5.92. The van der Waals surface area contributed by atoms with Crippen LogP contribution in [0.4, 0.5) is 0 Å². The Bertz CT molecular complexity index is 891. The number of hydrogen-bond acceptors (Lipinski definition) is 4. The van der Waals surface area contributed by atoms with E-state index in [2.05, 4.69) is 11.6 Å². The van der Waals surface area contributed by atoms with E-state index in [4.69, 9.17) is 9.47 Å². The summed E-state index contributed by atoms with van der Waals surface area (Å²) in [5.74, 6) is 1.28. The van der Waals surface area contributed by atoms with Gasteiger partial charge in [0.2, 0.25) is 0 Å². The molecule has 2 aromatic carbocycles. The number of nitrogens with zero attached hydrogens (tertiary/aromatic N) is 1. The quantitative estimate of drug-likeness (QED) is 0.415. The third kappa shape index (κ3) is 4.70. The van der Waals surface area contributed by atoms with Crippen molar-refractivity contribution in [2.24, 2.45) is 0 Å². The summed E-state index contributed by atoms with van der Waals surface area (Å²) in [7, 11) is 0. The Kier molecular flexibility index (Phi) is 5.99. The fraction of sp³-hybridized carbons (Fsp3) is 0.182. The monoisotopic (exact) mass is 347 g/mol. The fourth-order valence-corrected chi connectivity index (χ4v) is 2.59. The first-order chi connectivity index (χ1) is 12.8. The van der Waals surface area contributed by atoms with Gasteiger partial charge in [-0.05, 0) is 37.1 Å². The Morgan fingerprint density at radius 1 is 1.04 bits per heavy atom. The van der Waals surface area contributed by atoms with Gasteiger partial charge in [-0.1, -0.05) is 36.4 Å². The maximum absolute atomic E-state index is 11.1. The van der Waals surface area contributed by atoms with E-state index in [9.17, 15) is 4.79 Å². The zero-order chi connectivity index (χ0) is 18.2. The van der Waals surface area contributed by atoms with E-state index in [-0.39, 0.29) is 0 Å². The van der Waals surface area contributed by atoms with E-state index in [0.717, 1.165) is 29.3 Å². The number of para-hydroxylation sites is 1. The van der Waals surface area contributed by atoms with Gasteiger partial charge in [0.15, 0.2) is 12.4 Å². The zero-order valence-electron chi connectivity index (χ0n) is 14.5. The molecule has 0 spiro atoms. The van der Waals surface area contributed by atoms with Gasteiger partial charge in [-0.3, -0.25) is 4.79 Å². The second kappa shape index (κ2) is 8.81. The molecule has 3 aromatic rings. The van der Waals surface area contributed by atoms with Crippen LogP contribution >= 0.6 is 0 Å². The lowest BCUT2D eigenvalue weighted by Crippen LogP contribution is -2.17. The number of fused-ring (bicyclic) bond motifs is 1. The molecule has 0 saturated heterocycles. The second-order valence-electron chi connectivity index (χ2n) is 5.92. The lowest BCUT2D eigenvalue weighted by atomic mass is 10.2. The van der Waals surface area contributed by atoms with Crippen LogP contribution in [0.1, 0.15) is 18.5 Å². The Labute approximate surface area is 153 Å². The Hall–Kier alpha value is -3.14. The van der Waals surface area contributed by atoms with E-state index in [1.165, 1.54) is 0 Å². The smallest absolute Gasteiger partial charge is 0.160 e. The van der Waals surface area contributed by atoms with Gasteiger partial charge in [0.05, 0.1) is 11.2 Å². The van der Waals surface area contributed by atoms with Gasteiger partial charge in [-0.2, -0.15) is 0 Å². The molecule has 0 aliphatic rings. The molecular weight excluding hydrogens is 326 g/mol. The summed E-state index contributed by atoms with van der Waals surface area (Å²) in [6.07, 6.45) is 3.45. The number of ether oxygens (including phenoxy) is 2. The van der Waals surface area contributed by atoms with Gasteiger partial charge >= 0.3 is 0 Å². The first kappa shape index (κ1) is 17.7. The van der Waals surface area contributed by atoms with Crippen molar-refractivity contribution in [3.8, 4) is 11.5 Å². The molecule has 4 heteroatoms. The standard InChI is InChI=1S/C22H21NO3/c1-2-3-8-21(15-24)26-20-10-6-9-19(14-20)25-16-18-13-12-17-7-4-5-11-22(17)23-18/h2,4-7,9-15,21H,1,3,8,16H2. The van der Waals surface area contributed by atoms with Crippen LogP contribution in [-0.4, -0.2) is 17.4 Å². The van der Waals surface area contributed by atoms with Gasteiger partial charge in [-0.25, -0.2) is 4.98 Å². The minimum Gasteiger partial charge on any atom is -0.487 e. The third-order valence-corrected chi connectivity index (χ3v) is 3.94. The van der Waals surface area contributed by atoms with Crippen LogP contribution in [0.3, 0.4) is 0 Å². The van der Waals surface area contributed by atoms with E-state index >= 15 is 0 Å². The summed E-state index contributed by atoms with van der Waals surface area (Å²) < 4.78 is 11.5. The first-order valence-corrected chi connectivity index (χ1v) is 8.59. The molecule has 0 saturated carbocycles. The van der Waals surface area contributed by atoms with Crippen molar-refractivity contribution in [3.63, 3.8) is 0 Å². The molecule has 0 aliphatic carbocycles. The largest absolute Gasteiger partial charge is 0.487 e. The topological polar surface area (TPSA) is 48.4 Å². The van der Waals surface area contributed by atoms with E-state index in [1.54, 1.807) is 12.1 Å². The van der Waals surface area contributed by atoms with Crippen molar-refractivity contribution in [2.75, 3.05) is 0 Å². The summed E-state index contributed by atoms with van der Waals surface area (Å²) >= 11 is 0. The number of aromatic nitrogens is 1. The van der Waals surface area contributed by atoms with Crippen LogP contribution in [0, 0.1) is 0 Å². The Balaban J connectivity index is 1.64. The lowest BCUT2D eigenvalue weighted by molar-refractivity contribution is -0.113. The Morgan fingerprint density at radius 3 is 2.73 bits per heavy atom. The average molecular weight is 347 g/mol. The van der Waals surface area contributed by atoms with Crippen LogP contribution in [0.5, 0.6) is 11.5 Å². The minimum atomic E-state index is -0.481. The number of pyridine rings is 1. The SMILES string of the molecule is C=CCCC(C=O)Oc1cccc(OCc2ccc3ccccc3n2)c1. The highest BCUT2D eigenvalue weighted by atomic mass is 16.5. The fourth-order valence-electron chi connectivity index (χ4n) is 2.59. The maximum atomic E-state index is 11.1. The molecule has 4 nitrogen and oxygen atoms in total. The van der Waals surface area contributed by atoms with Crippen LogP contribution in [0.25, 0.3) is 10.9 Å². The van der Waals surface area contributed by atoms with Crippen molar-refractivity contribution in [3.05, 3.63) is 79.0 Å². The van der Waals surface area contributed by atoms with Crippen LogP contribution in [-0.2, 0) is 11.4 Å². The summed E-state index contributed by atoms with van der Waals surface area (Å²) in [5, 5.41) is 1.10. The summed E-state index contributed by atoms with van der Waals surface area (Å²) in [4.78, 5) is 15.7. The summed E-state index contributed by atoms with van der Waals surface area (Å²) in [5.41, 5.74) is 1.80. The Morgan fingerprint density at radius 2 is 1.88 bits per heavy atom. The minimum absolute atomic E-state index is 0.363. The molecule has 0 fully saturated rings. The van der Waals surface area contributed by atoms with Gasteiger partial charge < -0.3 is 9.47 Å². The number of rotatable bonds is 9. The number of aldehydes is 1. The predicted octanol–water partition coefficient (Wildman–Crippen LogP) is 4.73. The van der Waals surface area contributed by atoms with Crippen molar-refractivity contribution in [1.29, 1.82) is 0 Å². The van der Waals surface area contributed by atoms with Gasteiger partial charge in [-0.15, -0.1) is 6.58 Å². The van der Waals surface area contributed by atoms with Crippen molar-refractivity contribution in [2.45, 2.75) is 25.6 Å². The van der Waals surface area contributed by atoms with Crippen LogP contribution in [0.15, 0.2) is 73.3 Å². The van der Waals surface area contributed by atoms with Crippen LogP contribution < -0.4 is 9.47 Å². The van der Waals surface area contributed by atoms with E-state index < -0.39 is 6.10 Å². The summed E-state index contributed by atoms with van der Waals surface area (Å²) in [6, 6.07) is 19.3. The van der Waals surface area contributed by atoms with Crippen LogP contribution in [0.2, 0.25) is 0 Å². The van der Waals surface area contributed by atoms with Gasteiger partial charge in [0.25, 0.3) is 0 Å². The van der Waals surface area contributed by atoms with E-state index in [1.807, 2.05) is 54.6 Å². The molecule has 1 aromatic heterocycles. The molecule has 0 aliphatic heterocycles. The molecule has 1 unspecified atom stereocenters. The number of hydrogen-bond donors (Lipinski definition) is 0. The molecule has 1 heterocycles. The molecule has 0 radical (unpaired) electrons. The first-order valence-electron chi connectivity index (χ1n) is 8.59. The van der Waals surface area contributed by atoms with Gasteiger partial charge in [0, 0.05) is 11.5 Å². The summed E-state index contributed by atoms with van der Waals surface area (Å²) in [6.45, 7) is 4.03. The third-order valence-electron chi connectivity index (χ3n) is 3.94. The highest BCUT2D eigenvalue weighted by molar-refractivity contribution is 5.78. The molecule has 132 valence electrons. The molecular formula is C22H21NO3. The predicted molar refractivity (Wildman–Crippen MR) is 102 cm³/mol. The molecule has 26 heavy (non-hydrogen) atoms. The average Bonchev–Trinajstić information content (AvgIpc) is 2.69. The maximum Gasteiger partial charge on any atom is 0.160 e. The lowest BCUT2D eigenvalue weighted by Gasteiger charge is -2.14. The normalized spacial score (nSPS) is 11.7. The van der Waals surface area contributed by atoms with Crippen molar-refractivity contribution >= 4 is 17.2 Å². The molecule has 1 atom stereocenters. The van der Waals surface area contributed by atoms with Crippen molar-refractivity contribution < 1.29 is 14.3 Å². The van der Waals surface area contributed by atoms with Gasteiger partial charge in [0.1, 0.15) is 18.1 Å². The molecule has 0 bridgehead atoms. The number of benzene rings is 2.